The van der Waals surface area contributed by atoms with Crippen molar-refractivity contribution < 1.29 is 9.53 Å². The van der Waals surface area contributed by atoms with Crippen molar-refractivity contribution in [1.29, 1.82) is 0 Å². The molecule has 0 bridgehead atoms. The van der Waals surface area contributed by atoms with Gasteiger partial charge in [0.25, 0.3) is 0 Å². The van der Waals surface area contributed by atoms with Gasteiger partial charge >= 0.3 is 0 Å². The van der Waals surface area contributed by atoms with E-state index in [-0.39, 0.29) is 0 Å². The van der Waals surface area contributed by atoms with Crippen molar-refractivity contribution in [3.05, 3.63) is 29.3 Å². The van der Waals surface area contributed by atoms with E-state index in [1.165, 1.54) is 11.6 Å². The van der Waals surface area contributed by atoms with Gasteiger partial charge < -0.3 is 9.64 Å². The summed E-state index contributed by atoms with van der Waals surface area (Å²) < 4.78 is 5.20. The van der Waals surface area contributed by atoms with Crippen molar-refractivity contribution in [3.63, 3.8) is 0 Å². The zero-order valence-corrected chi connectivity index (χ0v) is 9.86. The fourth-order valence-corrected chi connectivity index (χ4v) is 1.54. The maximum Gasteiger partial charge on any atom is 0.235 e. The molecule has 1 aromatic carbocycles. The van der Waals surface area contributed by atoms with Gasteiger partial charge in [-0.05, 0) is 31.8 Å². The van der Waals surface area contributed by atoms with Crippen LogP contribution in [0.2, 0.25) is 0 Å². The molecule has 4 nitrogen and oxygen atoms in total. The number of nitrogens with zero attached hydrogens (tertiary/aromatic N) is 2. The van der Waals surface area contributed by atoms with Crippen molar-refractivity contribution >= 4 is 6.08 Å². The highest BCUT2D eigenvalue weighted by molar-refractivity contribution is 5.39. The van der Waals surface area contributed by atoms with Crippen LogP contribution in [0.4, 0.5) is 0 Å². The van der Waals surface area contributed by atoms with Gasteiger partial charge in [0.1, 0.15) is 5.75 Å². The van der Waals surface area contributed by atoms with Gasteiger partial charge in [-0.2, -0.15) is 0 Å². The number of isocyanates is 1. The van der Waals surface area contributed by atoms with Crippen LogP contribution >= 0.6 is 0 Å². The number of ether oxygens (including phenoxy) is 1. The Morgan fingerprint density at radius 1 is 1.44 bits per heavy atom. The molecular weight excluding hydrogens is 204 g/mol. The molecular formula is C12H16N2O2. The largest absolute Gasteiger partial charge is 0.496 e. The molecule has 0 aliphatic carbocycles. The van der Waals surface area contributed by atoms with Crippen molar-refractivity contribution in [1.82, 2.24) is 4.90 Å². The molecule has 86 valence electrons. The summed E-state index contributed by atoms with van der Waals surface area (Å²) in [7, 11) is 5.62. The minimum Gasteiger partial charge on any atom is -0.496 e. The van der Waals surface area contributed by atoms with Crippen LogP contribution in [0.1, 0.15) is 11.1 Å². The average Bonchev–Trinajstić information content (AvgIpc) is 2.25. The third-order valence-electron chi connectivity index (χ3n) is 2.16. The first-order valence-corrected chi connectivity index (χ1v) is 5.01. The summed E-state index contributed by atoms with van der Waals surface area (Å²) in [5, 5.41) is 0. The lowest BCUT2D eigenvalue weighted by Gasteiger charge is -2.12. The molecule has 0 N–H and O–H groups in total. The smallest absolute Gasteiger partial charge is 0.235 e. The van der Waals surface area contributed by atoms with Crippen LogP contribution in [0.25, 0.3) is 0 Å². The Morgan fingerprint density at radius 3 is 2.75 bits per heavy atom. The van der Waals surface area contributed by atoms with Crippen LogP contribution in [-0.4, -0.2) is 32.2 Å². The number of hydrogen-bond acceptors (Lipinski definition) is 4. The molecule has 0 heterocycles. The quantitative estimate of drug-likeness (QED) is 0.559. The predicted octanol–water partition coefficient (Wildman–Crippen LogP) is 1.59. The minimum absolute atomic E-state index is 0.313. The van der Waals surface area contributed by atoms with Crippen LogP contribution in [0.3, 0.4) is 0 Å². The van der Waals surface area contributed by atoms with Gasteiger partial charge in [0.05, 0.1) is 13.7 Å². The molecule has 1 rings (SSSR count). The van der Waals surface area contributed by atoms with E-state index in [9.17, 15) is 4.79 Å². The van der Waals surface area contributed by atoms with E-state index in [0.29, 0.717) is 6.54 Å². The van der Waals surface area contributed by atoms with E-state index in [1.807, 2.05) is 32.3 Å². The molecule has 0 saturated carbocycles. The molecule has 0 aliphatic rings. The molecule has 0 unspecified atom stereocenters. The van der Waals surface area contributed by atoms with Crippen LogP contribution < -0.4 is 4.74 Å². The second kappa shape index (κ2) is 6.05. The number of benzene rings is 1. The van der Waals surface area contributed by atoms with E-state index in [4.69, 9.17) is 4.74 Å². The fourth-order valence-electron chi connectivity index (χ4n) is 1.54. The zero-order valence-electron chi connectivity index (χ0n) is 9.86. The van der Waals surface area contributed by atoms with Crippen LogP contribution in [0.15, 0.2) is 23.2 Å². The first-order valence-electron chi connectivity index (χ1n) is 5.01. The van der Waals surface area contributed by atoms with Gasteiger partial charge in [-0.15, -0.1) is 0 Å². The van der Waals surface area contributed by atoms with E-state index in [1.54, 1.807) is 7.11 Å². The lowest BCUT2D eigenvalue weighted by atomic mass is 10.1. The number of hydrogen-bond donors (Lipinski definition) is 0. The number of aliphatic imine (C=N–C) groups is 1. The Kier molecular flexibility index (Phi) is 4.70. The number of methoxy groups -OCH3 is 1. The molecule has 0 radical (unpaired) electrons. The van der Waals surface area contributed by atoms with Gasteiger partial charge in [-0.3, -0.25) is 0 Å². The van der Waals surface area contributed by atoms with Crippen molar-refractivity contribution in [3.8, 4) is 5.75 Å². The summed E-state index contributed by atoms with van der Waals surface area (Å²) >= 11 is 0. The molecule has 0 spiro atoms. The lowest BCUT2D eigenvalue weighted by molar-refractivity contribution is 0.397. The molecule has 0 aliphatic heterocycles. The Labute approximate surface area is 95.6 Å². The standard InChI is InChI=1S/C12H16N2O2/c1-14(2)8-10-4-5-12(16-3)11(6-10)7-13-9-15/h4-6H,7-8H2,1-3H3. The Morgan fingerprint density at radius 2 is 2.19 bits per heavy atom. The molecule has 1 aromatic rings. The van der Waals surface area contributed by atoms with E-state index in [2.05, 4.69) is 9.89 Å². The van der Waals surface area contributed by atoms with E-state index < -0.39 is 0 Å². The topological polar surface area (TPSA) is 41.9 Å². The normalized spacial score (nSPS) is 10.0. The highest BCUT2D eigenvalue weighted by Gasteiger charge is 2.04. The SMILES string of the molecule is COc1ccc(CN(C)C)cc1CN=C=O. The van der Waals surface area contributed by atoms with Gasteiger partial charge in [0.15, 0.2) is 0 Å². The lowest BCUT2D eigenvalue weighted by Crippen LogP contribution is -2.10. The molecule has 0 amide bonds. The third kappa shape index (κ3) is 3.50. The molecule has 0 aromatic heterocycles. The summed E-state index contributed by atoms with van der Waals surface area (Å²) in [6.45, 7) is 1.16. The molecule has 0 fully saturated rings. The van der Waals surface area contributed by atoms with Gasteiger partial charge in [-0.25, -0.2) is 9.79 Å². The summed E-state index contributed by atoms with van der Waals surface area (Å²) in [4.78, 5) is 15.7. The van der Waals surface area contributed by atoms with Gasteiger partial charge in [-0.1, -0.05) is 6.07 Å². The molecule has 0 saturated heterocycles. The Bertz CT molecular complexity index is 396. The maximum absolute atomic E-state index is 10.1. The molecule has 16 heavy (non-hydrogen) atoms. The monoisotopic (exact) mass is 220 g/mol. The van der Waals surface area contributed by atoms with Crippen molar-refractivity contribution in [2.24, 2.45) is 4.99 Å². The Hall–Kier alpha value is -1.64. The highest BCUT2D eigenvalue weighted by Crippen LogP contribution is 2.21. The number of rotatable bonds is 5. The van der Waals surface area contributed by atoms with Crippen molar-refractivity contribution in [2.75, 3.05) is 21.2 Å². The fraction of sp³-hybridized carbons (Fsp3) is 0.417. The van der Waals surface area contributed by atoms with E-state index >= 15 is 0 Å². The van der Waals surface area contributed by atoms with Crippen LogP contribution in [0.5, 0.6) is 5.75 Å². The third-order valence-corrected chi connectivity index (χ3v) is 2.16. The van der Waals surface area contributed by atoms with Gasteiger partial charge in [0.2, 0.25) is 6.08 Å². The summed E-state index contributed by atoms with van der Waals surface area (Å²) in [5.41, 5.74) is 2.08. The van der Waals surface area contributed by atoms with Gasteiger partial charge in [0, 0.05) is 12.1 Å². The zero-order chi connectivity index (χ0) is 12.0. The van der Waals surface area contributed by atoms with Crippen LogP contribution in [-0.2, 0) is 17.9 Å². The summed E-state index contributed by atoms with van der Waals surface area (Å²) in [5.74, 6) is 0.751. The maximum atomic E-state index is 10.1. The second-order valence-corrected chi connectivity index (χ2v) is 3.79. The predicted molar refractivity (Wildman–Crippen MR) is 62.2 cm³/mol. The highest BCUT2D eigenvalue weighted by atomic mass is 16.5. The Balaban J connectivity index is 2.95. The first-order chi connectivity index (χ1) is 7.67. The minimum atomic E-state index is 0.313. The number of carbonyl (C=O) groups excluding carboxylic acids is 1. The second-order valence-electron chi connectivity index (χ2n) is 3.79. The summed E-state index contributed by atoms with van der Waals surface area (Å²) in [6.07, 6.45) is 1.54. The first kappa shape index (κ1) is 12.4. The molecule has 4 heteroatoms. The average molecular weight is 220 g/mol. The van der Waals surface area contributed by atoms with Crippen LogP contribution in [0, 0.1) is 0 Å². The van der Waals surface area contributed by atoms with E-state index in [0.717, 1.165) is 17.9 Å². The summed E-state index contributed by atoms with van der Waals surface area (Å²) in [6, 6.07) is 5.90. The molecule has 0 atom stereocenters. The van der Waals surface area contributed by atoms with Crippen molar-refractivity contribution in [2.45, 2.75) is 13.1 Å².